The zero-order valence-corrected chi connectivity index (χ0v) is 23.8. The molecule has 1 saturated heterocycles. The van der Waals surface area contributed by atoms with Crippen molar-refractivity contribution >= 4 is 11.8 Å². The van der Waals surface area contributed by atoms with Crippen molar-refractivity contribution < 1.29 is 19.1 Å². The van der Waals surface area contributed by atoms with E-state index in [0.717, 1.165) is 60.0 Å². The molecule has 7 nitrogen and oxygen atoms in total. The molecule has 2 aromatic rings. The van der Waals surface area contributed by atoms with Crippen LogP contribution in [-0.2, 0) is 22.7 Å². The summed E-state index contributed by atoms with van der Waals surface area (Å²) in [7, 11) is 1.67. The number of para-hydroxylation sites is 1. The Bertz CT molecular complexity index is 1170. The van der Waals surface area contributed by atoms with Crippen LogP contribution >= 0.6 is 0 Å². The minimum Gasteiger partial charge on any atom is -0.497 e. The summed E-state index contributed by atoms with van der Waals surface area (Å²) in [6.45, 7) is 4.33. The number of methoxy groups -OCH3 is 1. The standard InChI is InChI=1S/C33H43N3O4/c1-39-29-7-4-5-24(16-29)23-40-30-8-3-2-6-28(30)22-35-9-11-36(12-10-35)32(38)21-34-31(37)20-33-17-25-13-26(18-33)15-27(14-25)19-33/h2-8,16,25-27H,9-15,17-23H2,1H3,(H,34,37). The molecule has 40 heavy (non-hydrogen) atoms. The molecule has 7 heteroatoms. The van der Waals surface area contributed by atoms with Gasteiger partial charge in [0.1, 0.15) is 18.1 Å². The van der Waals surface area contributed by atoms with Gasteiger partial charge in [0.25, 0.3) is 0 Å². The topological polar surface area (TPSA) is 71.1 Å². The molecule has 214 valence electrons. The Hall–Kier alpha value is -3.06. The number of carbonyl (C=O) groups is 2. The van der Waals surface area contributed by atoms with Gasteiger partial charge in [0.15, 0.2) is 0 Å². The molecule has 0 unspecified atom stereocenters. The summed E-state index contributed by atoms with van der Waals surface area (Å²) in [5.41, 5.74) is 2.41. The Balaban J connectivity index is 0.942. The van der Waals surface area contributed by atoms with Gasteiger partial charge >= 0.3 is 0 Å². The minimum atomic E-state index is 0.0283. The maximum atomic E-state index is 12.9. The smallest absolute Gasteiger partial charge is 0.242 e. The first-order valence-corrected chi connectivity index (χ1v) is 15.1. The molecule has 4 aliphatic carbocycles. The Morgan fingerprint density at radius 2 is 1.62 bits per heavy atom. The second-order valence-corrected chi connectivity index (χ2v) is 12.8. The molecular weight excluding hydrogens is 502 g/mol. The van der Waals surface area contributed by atoms with E-state index in [2.05, 4.69) is 16.3 Å². The molecule has 2 amide bonds. The quantitative estimate of drug-likeness (QED) is 0.471. The summed E-state index contributed by atoms with van der Waals surface area (Å²) in [6.07, 6.45) is 8.41. The first-order valence-electron chi connectivity index (χ1n) is 15.1. The van der Waals surface area contributed by atoms with E-state index in [1.807, 2.05) is 47.4 Å². The van der Waals surface area contributed by atoms with Crippen LogP contribution in [0, 0.1) is 23.2 Å². The predicted octanol–water partition coefficient (Wildman–Crippen LogP) is 4.64. The van der Waals surface area contributed by atoms with Gasteiger partial charge in [-0.05, 0) is 85.5 Å². The first kappa shape index (κ1) is 27.1. The van der Waals surface area contributed by atoms with Crippen LogP contribution in [0.2, 0.25) is 0 Å². The van der Waals surface area contributed by atoms with Crippen LogP contribution in [0.15, 0.2) is 48.5 Å². The second kappa shape index (κ2) is 11.8. The molecule has 4 saturated carbocycles. The highest BCUT2D eigenvalue weighted by atomic mass is 16.5. The third kappa shape index (κ3) is 6.30. The third-order valence-electron chi connectivity index (χ3n) is 9.76. The van der Waals surface area contributed by atoms with Crippen LogP contribution in [0.1, 0.15) is 56.1 Å². The van der Waals surface area contributed by atoms with Crippen LogP contribution < -0.4 is 14.8 Å². The van der Waals surface area contributed by atoms with Crippen LogP contribution in [-0.4, -0.2) is 61.4 Å². The number of nitrogens with zero attached hydrogens (tertiary/aromatic N) is 2. The van der Waals surface area contributed by atoms with E-state index < -0.39 is 0 Å². The lowest BCUT2D eigenvalue weighted by molar-refractivity contribution is -0.136. The number of rotatable bonds is 10. The lowest BCUT2D eigenvalue weighted by Gasteiger charge is -2.56. The molecule has 4 bridgehead atoms. The number of carbonyl (C=O) groups excluding carboxylic acids is 2. The van der Waals surface area contributed by atoms with Crippen LogP contribution in [0.25, 0.3) is 0 Å². The normalized spacial score (nSPS) is 27.4. The Kier molecular flexibility index (Phi) is 8.01. The largest absolute Gasteiger partial charge is 0.497 e. The van der Waals surface area contributed by atoms with Gasteiger partial charge in [0.05, 0.1) is 13.7 Å². The van der Waals surface area contributed by atoms with Crippen LogP contribution in [0.5, 0.6) is 11.5 Å². The lowest BCUT2D eigenvalue weighted by atomic mass is 9.49. The van der Waals surface area contributed by atoms with Gasteiger partial charge in [-0.3, -0.25) is 14.5 Å². The fourth-order valence-electron chi connectivity index (χ4n) is 8.29. The van der Waals surface area contributed by atoms with E-state index in [9.17, 15) is 9.59 Å². The Morgan fingerprint density at radius 3 is 2.33 bits per heavy atom. The summed E-state index contributed by atoms with van der Waals surface area (Å²) in [5, 5.41) is 2.98. The summed E-state index contributed by atoms with van der Waals surface area (Å²) in [6, 6.07) is 16.1. The predicted molar refractivity (Wildman–Crippen MR) is 154 cm³/mol. The molecule has 7 rings (SSSR count). The van der Waals surface area contributed by atoms with Gasteiger partial charge in [-0.15, -0.1) is 0 Å². The average Bonchev–Trinajstić information content (AvgIpc) is 2.95. The molecule has 0 radical (unpaired) electrons. The third-order valence-corrected chi connectivity index (χ3v) is 9.76. The Morgan fingerprint density at radius 1 is 0.925 bits per heavy atom. The average molecular weight is 546 g/mol. The van der Waals surface area contributed by atoms with Crippen molar-refractivity contribution in [3.63, 3.8) is 0 Å². The number of piperazine rings is 1. The monoisotopic (exact) mass is 545 g/mol. The molecule has 0 atom stereocenters. The van der Waals surface area contributed by atoms with E-state index in [1.165, 1.54) is 38.5 Å². The first-order chi connectivity index (χ1) is 19.5. The molecule has 1 aliphatic heterocycles. The molecule has 1 N–H and O–H groups in total. The molecule has 1 heterocycles. The molecular formula is C33H43N3O4. The van der Waals surface area contributed by atoms with Crippen molar-refractivity contribution in [2.45, 2.75) is 58.1 Å². The highest BCUT2D eigenvalue weighted by Gasteiger charge is 2.51. The van der Waals surface area contributed by atoms with Crippen LogP contribution in [0.4, 0.5) is 0 Å². The molecule has 2 aromatic carbocycles. The van der Waals surface area contributed by atoms with E-state index in [1.54, 1.807) is 7.11 Å². The minimum absolute atomic E-state index is 0.0283. The van der Waals surface area contributed by atoms with Gasteiger partial charge in [0.2, 0.25) is 11.8 Å². The summed E-state index contributed by atoms with van der Waals surface area (Å²) in [4.78, 5) is 30.0. The second-order valence-electron chi connectivity index (χ2n) is 12.8. The number of ether oxygens (including phenoxy) is 2. The molecule has 0 aromatic heterocycles. The molecule has 5 aliphatic rings. The summed E-state index contributed by atoms with van der Waals surface area (Å²) in [5.74, 6) is 4.31. The van der Waals surface area contributed by atoms with Gasteiger partial charge < -0.3 is 19.7 Å². The van der Waals surface area contributed by atoms with Crippen molar-refractivity contribution in [1.29, 1.82) is 0 Å². The summed E-state index contributed by atoms with van der Waals surface area (Å²) >= 11 is 0. The van der Waals surface area contributed by atoms with Crippen molar-refractivity contribution in [2.24, 2.45) is 23.2 Å². The highest BCUT2D eigenvalue weighted by molar-refractivity contribution is 5.85. The maximum absolute atomic E-state index is 12.9. The van der Waals surface area contributed by atoms with E-state index in [0.29, 0.717) is 26.1 Å². The number of amides is 2. The van der Waals surface area contributed by atoms with Crippen molar-refractivity contribution in [1.82, 2.24) is 15.1 Å². The van der Waals surface area contributed by atoms with Gasteiger partial charge in [-0.2, -0.15) is 0 Å². The molecule has 0 spiro atoms. The maximum Gasteiger partial charge on any atom is 0.242 e. The fourth-order valence-corrected chi connectivity index (χ4v) is 8.29. The van der Waals surface area contributed by atoms with Gasteiger partial charge in [0, 0.05) is 44.7 Å². The van der Waals surface area contributed by atoms with Gasteiger partial charge in [-0.25, -0.2) is 0 Å². The molecule has 5 fully saturated rings. The number of benzene rings is 2. The number of hydrogen-bond acceptors (Lipinski definition) is 5. The zero-order chi connectivity index (χ0) is 27.5. The fraction of sp³-hybridized carbons (Fsp3) is 0.576. The SMILES string of the molecule is COc1cccc(COc2ccccc2CN2CCN(C(=O)CNC(=O)CC34CC5CC(CC(C5)C3)C4)CC2)c1. The van der Waals surface area contributed by atoms with Crippen molar-refractivity contribution in [3.8, 4) is 11.5 Å². The van der Waals surface area contributed by atoms with Crippen molar-refractivity contribution in [3.05, 3.63) is 59.7 Å². The van der Waals surface area contributed by atoms with E-state index in [-0.39, 0.29) is 23.8 Å². The summed E-state index contributed by atoms with van der Waals surface area (Å²) < 4.78 is 11.5. The van der Waals surface area contributed by atoms with Gasteiger partial charge in [-0.1, -0.05) is 30.3 Å². The number of hydrogen-bond donors (Lipinski definition) is 1. The van der Waals surface area contributed by atoms with E-state index in [4.69, 9.17) is 9.47 Å². The lowest BCUT2D eigenvalue weighted by Crippen LogP contribution is -2.51. The van der Waals surface area contributed by atoms with Crippen LogP contribution in [0.3, 0.4) is 0 Å². The zero-order valence-electron chi connectivity index (χ0n) is 23.8. The van der Waals surface area contributed by atoms with E-state index >= 15 is 0 Å². The van der Waals surface area contributed by atoms with Crippen molar-refractivity contribution in [2.75, 3.05) is 39.8 Å². The number of nitrogens with one attached hydrogen (secondary N) is 1. The Labute approximate surface area is 238 Å². The highest BCUT2D eigenvalue weighted by Crippen LogP contribution is 2.61.